The number of hydrogen-bond acceptors (Lipinski definition) is 4. The molecule has 0 unspecified atom stereocenters. The van der Waals surface area contributed by atoms with Gasteiger partial charge in [0.2, 0.25) is 0 Å². The Balaban J connectivity index is 0.657. The zero-order chi connectivity index (χ0) is 54.1. The second-order valence-corrected chi connectivity index (χ2v) is 20.8. The second-order valence-electron chi connectivity index (χ2n) is 20.8. The van der Waals surface area contributed by atoms with Crippen molar-refractivity contribution in [2.75, 3.05) is 10.2 Å². The third kappa shape index (κ3) is 7.68. The number of nitrogens with zero attached hydrogens (tertiary/aromatic N) is 8. The van der Waals surface area contributed by atoms with Gasteiger partial charge >= 0.3 is 0 Å². The molecule has 0 saturated carbocycles. The maximum Gasteiger partial charge on any atom is 0.0886 e. The van der Waals surface area contributed by atoms with Crippen LogP contribution >= 0.6 is 0 Å². The Morgan fingerprint density at radius 2 is 0.427 bits per heavy atom. The summed E-state index contributed by atoms with van der Waals surface area (Å²) in [5, 5.41) is 14.3. The van der Waals surface area contributed by atoms with E-state index >= 15 is 0 Å². The monoisotopic (exact) mass is 1050 g/mol. The van der Waals surface area contributed by atoms with Crippen LogP contribution < -0.4 is 10.2 Å². The highest BCUT2D eigenvalue weighted by Crippen LogP contribution is 2.39. The first-order chi connectivity index (χ1) is 40.7. The van der Waals surface area contributed by atoms with Crippen molar-refractivity contribution in [1.29, 1.82) is 0 Å². The van der Waals surface area contributed by atoms with Crippen LogP contribution in [0, 0.1) is 0 Å². The minimum atomic E-state index is 0.818. The maximum absolute atomic E-state index is 4.85. The molecular formula is C74H50N8. The number of hydrogen-bond donors (Lipinski definition) is 0. The summed E-state index contributed by atoms with van der Waals surface area (Å²) in [6, 6.07) is 95.3. The molecule has 0 radical (unpaired) electrons. The molecule has 16 aromatic rings. The third-order valence-electron chi connectivity index (χ3n) is 16.0. The van der Waals surface area contributed by atoms with E-state index in [1.807, 2.05) is 24.5 Å². The van der Waals surface area contributed by atoms with Gasteiger partial charge in [-0.25, -0.2) is 18.7 Å². The highest BCUT2D eigenvalue weighted by Gasteiger charge is 2.25. The van der Waals surface area contributed by atoms with E-state index < -0.39 is 0 Å². The molecule has 10 aromatic carbocycles. The Kier molecular flexibility index (Phi) is 11.0. The van der Waals surface area contributed by atoms with E-state index in [4.69, 9.17) is 9.97 Å². The lowest BCUT2D eigenvalue weighted by molar-refractivity contribution is 0.675. The molecule has 0 aliphatic carbocycles. The van der Waals surface area contributed by atoms with Gasteiger partial charge in [-0.1, -0.05) is 206 Å². The van der Waals surface area contributed by atoms with Crippen molar-refractivity contribution in [2.45, 2.75) is 0 Å². The van der Waals surface area contributed by atoms with E-state index in [-0.39, 0.29) is 0 Å². The summed E-state index contributed by atoms with van der Waals surface area (Å²) in [5.74, 6) is 0. The molecule has 0 aliphatic heterocycles. The van der Waals surface area contributed by atoms with Crippen LogP contribution in [0.2, 0.25) is 0 Å². The van der Waals surface area contributed by atoms with Crippen LogP contribution in [0.1, 0.15) is 22.3 Å². The van der Waals surface area contributed by atoms with E-state index in [2.05, 4.69) is 308 Å². The molecule has 386 valence electrons. The number of benzene rings is 10. The summed E-state index contributed by atoms with van der Waals surface area (Å²) in [6.45, 7) is 0. The molecule has 8 nitrogen and oxygen atoms in total. The van der Waals surface area contributed by atoms with Crippen molar-refractivity contribution in [3.8, 4) is 11.4 Å². The van der Waals surface area contributed by atoms with Crippen LogP contribution in [0.5, 0.6) is 0 Å². The molecule has 0 fully saturated rings. The molecule has 0 spiro atoms. The summed E-state index contributed by atoms with van der Waals surface area (Å²) in [7, 11) is 0. The molecule has 0 atom stereocenters. The van der Waals surface area contributed by atoms with Gasteiger partial charge in [0.05, 0.1) is 66.9 Å². The number of anilines is 2. The molecule has 16 rings (SSSR count). The van der Waals surface area contributed by atoms with E-state index in [9.17, 15) is 0 Å². The van der Waals surface area contributed by atoms with E-state index in [0.29, 0.717) is 0 Å². The van der Waals surface area contributed by atoms with Gasteiger partial charge in [0, 0.05) is 55.5 Å². The van der Waals surface area contributed by atoms with Crippen molar-refractivity contribution in [2.24, 2.45) is 0 Å². The highest BCUT2D eigenvalue weighted by atomic mass is 15.8. The van der Waals surface area contributed by atoms with Crippen LogP contribution in [-0.4, -0.2) is 28.7 Å². The topological polar surface area (TPSA) is 52.0 Å². The summed E-state index contributed by atoms with van der Waals surface area (Å²) in [4.78, 5) is 9.71. The zero-order valence-electron chi connectivity index (χ0n) is 44.4. The third-order valence-corrected chi connectivity index (χ3v) is 16.0. The minimum Gasteiger partial charge on any atom is -0.254 e. The molecule has 6 heterocycles. The first kappa shape index (κ1) is 46.8. The minimum absolute atomic E-state index is 0.818. The summed E-state index contributed by atoms with van der Waals surface area (Å²) in [5.41, 5.74) is 16.9. The summed E-state index contributed by atoms with van der Waals surface area (Å²) < 4.78 is 9.43. The SMILES string of the molecule is C(=C\c1ccc(-c2ccc(/C=C/c3ccc(N(n4c5ccccc5c5ccccc54)n4c5ccccc5c5ccccc54)cc3)cn2)nc1)/c1ccc(N(n2c3ccccc3c3ccccc32)n2c3ccccc3c3ccccc32)cc1. The van der Waals surface area contributed by atoms with Crippen molar-refractivity contribution in [3.63, 3.8) is 0 Å². The Morgan fingerprint density at radius 1 is 0.220 bits per heavy atom. The smallest absolute Gasteiger partial charge is 0.0886 e. The lowest BCUT2D eigenvalue weighted by Crippen LogP contribution is -2.34. The first-order valence-corrected chi connectivity index (χ1v) is 27.7. The van der Waals surface area contributed by atoms with Crippen molar-refractivity contribution < 1.29 is 0 Å². The zero-order valence-corrected chi connectivity index (χ0v) is 44.4. The van der Waals surface area contributed by atoms with Crippen LogP contribution in [0.3, 0.4) is 0 Å². The molecule has 0 aliphatic rings. The van der Waals surface area contributed by atoms with Crippen LogP contribution in [0.15, 0.2) is 279 Å². The summed E-state index contributed by atoms with van der Waals surface area (Å²) >= 11 is 0. The molecule has 6 aromatic heterocycles. The Hall–Kier alpha value is -11.2. The number of fused-ring (bicyclic) bond motifs is 12. The molecule has 0 N–H and O–H groups in total. The Labute approximate surface area is 472 Å². The Morgan fingerprint density at radius 3 is 0.646 bits per heavy atom. The second kappa shape index (κ2) is 19.3. The molecule has 8 heteroatoms. The lowest BCUT2D eigenvalue weighted by atomic mass is 10.1. The molecule has 0 amide bonds. The van der Waals surface area contributed by atoms with Crippen LogP contribution in [0.4, 0.5) is 11.4 Å². The van der Waals surface area contributed by atoms with Gasteiger partial charge in [-0.15, -0.1) is 0 Å². The van der Waals surface area contributed by atoms with Gasteiger partial charge in [0.1, 0.15) is 0 Å². The number of rotatable bonds is 11. The predicted molar refractivity (Wildman–Crippen MR) is 343 cm³/mol. The van der Waals surface area contributed by atoms with Crippen molar-refractivity contribution >= 4 is 123 Å². The normalized spacial score (nSPS) is 12.0. The van der Waals surface area contributed by atoms with Crippen LogP contribution in [-0.2, 0) is 0 Å². The summed E-state index contributed by atoms with van der Waals surface area (Å²) in [6.07, 6.45) is 12.3. The fourth-order valence-corrected chi connectivity index (χ4v) is 12.2. The number of para-hydroxylation sites is 8. The molecule has 0 bridgehead atoms. The average molecular weight is 1050 g/mol. The number of aromatic nitrogens is 6. The lowest BCUT2D eigenvalue weighted by Gasteiger charge is -2.30. The largest absolute Gasteiger partial charge is 0.254 e. The highest BCUT2D eigenvalue weighted by molar-refractivity contribution is 6.12. The van der Waals surface area contributed by atoms with Gasteiger partial charge in [0.25, 0.3) is 0 Å². The molecule has 0 saturated heterocycles. The quantitative estimate of drug-likeness (QED) is 0.130. The molecule has 82 heavy (non-hydrogen) atoms. The van der Waals surface area contributed by atoms with Gasteiger partial charge in [-0.05, 0) is 107 Å². The molecular weight excluding hydrogens is 1000 g/mol. The fraction of sp³-hybridized carbons (Fsp3) is 0. The fourth-order valence-electron chi connectivity index (χ4n) is 12.2. The standard InChI is InChI=1S/C74H50N8/c1-9-25-67-57(17-1)58-18-2-10-26-68(58)77(67)81(78-69-27-11-3-19-59(69)60-20-4-12-28-70(60)78)55-43-37-51(38-44-55)33-35-53-41-47-65(75-49-53)66-48-42-54(50-76-66)36-34-52-39-45-56(46-40-52)82(79-71-29-13-5-21-61(71)62-22-6-14-30-72(62)79)80-73-31-15-7-23-63(73)64-24-8-16-32-74(64)80/h1-50H/b35-33+,36-34+. The van der Waals surface area contributed by atoms with E-state index in [1.165, 1.54) is 43.1 Å². The average Bonchev–Trinajstić information content (AvgIpc) is 4.37. The van der Waals surface area contributed by atoms with E-state index in [1.54, 1.807) is 0 Å². The van der Waals surface area contributed by atoms with Gasteiger partial charge in [0.15, 0.2) is 0 Å². The van der Waals surface area contributed by atoms with Crippen LogP contribution in [0.25, 0.3) is 123 Å². The van der Waals surface area contributed by atoms with Crippen molar-refractivity contribution in [3.05, 3.63) is 302 Å². The predicted octanol–water partition coefficient (Wildman–Crippen LogP) is 18.4. The van der Waals surface area contributed by atoms with E-state index in [0.717, 1.165) is 89.2 Å². The number of pyridine rings is 2. The Bertz CT molecular complexity index is 4390. The maximum atomic E-state index is 4.85. The van der Waals surface area contributed by atoms with Gasteiger partial charge < -0.3 is 0 Å². The van der Waals surface area contributed by atoms with Gasteiger partial charge in [-0.3, -0.25) is 9.97 Å². The van der Waals surface area contributed by atoms with Gasteiger partial charge in [-0.2, -0.15) is 10.2 Å². The first-order valence-electron chi connectivity index (χ1n) is 27.7. The van der Waals surface area contributed by atoms with Crippen molar-refractivity contribution in [1.82, 2.24) is 28.7 Å².